The fourth-order valence-electron chi connectivity index (χ4n) is 0.284. The first-order valence-electron chi connectivity index (χ1n) is 2.28. The summed E-state index contributed by atoms with van der Waals surface area (Å²) in [6.45, 7) is 0. The van der Waals surface area contributed by atoms with Crippen molar-refractivity contribution < 1.29 is 88.5 Å². The second kappa shape index (κ2) is 5.92. The Morgan fingerprint density at radius 2 is 0.929 bits per heavy atom. The van der Waals surface area contributed by atoms with Gasteiger partial charge in [-0.15, -0.1) is 0 Å². The Morgan fingerprint density at radius 3 is 1.07 bits per heavy atom. The van der Waals surface area contributed by atoms with Gasteiger partial charge in [-0.2, -0.15) is 8.62 Å². The molecular formula is H5CeO10P3. The van der Waals surface area contributed by atoms with Crippen molar-refractivity contribution in [1.29, 1.82) is 0 Å². The minimum Gasteiger partial charge on any atom is -0.302 e. The van der Waals surface area contributed by atoms with Gasteiger partial charge in [-0.25, -0.2) is 13.7 Å². The van der Waals surface area contributed by atoms with Crippen LogP contribution in [0, 0.1) is 41.7 Å². The third-order valence-corrected chi connectivity index (χ3v) is 3.77. The van der Waals surface area contributed by atoms with Gasteiger partial charge in [0.1, 0.15) is 0 Å². The third kappa shape index (κ3) is 11.9. The molecule has 5 N–H and O–H groups in total. The molecule has 0 saturated carbocycles. The van der Waals surface area contributed by atoms with Crippen LogP contribution in [0.15, 0.2) is 0 Å². The molecule has 0 aliphatic rings. The van der Waals surface area contributed by atoms with Gasteiger partial charge in [0.15, 0.2) is 0 Å². The van der Waals surface area contributed by atoms with Gasteiger partial charge in [-0.3, -0.25) is 0 Å². The van der Waals surface area contributed by atoms with E-state index in [-0.39, 0.29) is 41.7 Å². The van der Waals surface area contributed by atoms with Gasteiger partial charge >= 0.3 is 23.5 Å². The molecule has 0 unspecified atom stereocenters. The Labute approximate surface area is 111 Å². The van der Waals surface area contributed by atoms with Gasteiger partial charge in [-0.05, 0) is 0 Å². The third-order valence-electron chi connectivity index (χ3n) is 0.419. The topological polar surface area (TPSA) is 171 Å². The van der Waals surface area contributed by atoms with Crippen LogP contribution in [0.1, 0.15) is 0 Å². The fourth-order valence-corrected chi connectivity index (χ4v) is 2.82. The predicted octanol–water partition coefficient (Wildman–Crippen LogP) is -0.695. The Bertz CT molecular complexity index is 277. The molecule has 0 heterocycles. The quantitative estimate of drug-likeness (QED) is 0.382. The average Bonchev–Trinajstić information content (AvgIpc) is 1.43. The molecule has 0 radical (unpaired) electrons. The molecule has 10 nitrogen and oxygen atoms in total. The molecule has 0 rings (SSSR count). The first-order chi connectivity index (χ1) is 5.41. The van der Waals surface area contributed by atoms with Crippen molar-refractivity contribution in [3.8, 4) is 0 Å². The molecule has 0 aromatic carbocycles. The second-order valence-electron chi connectivity index (χ2n) is 1.61. The zero-order chi connectivity index (χ0) is 10.9. The van der Waals surface area contributed by atoms with E-state index in [1.54, 1.807) is 0 Å². The Kier molecular flexibility index (Phi) is 7.68. The molecule has 0 spiro atoms. The summed E-state index contributed by atoms with van der Waals surface area (Å²) >= 11 is 0. The number of rotatable bonds is 4. The first-order valence-corrected chi connectivity index (χ1v) is 6.83. The number of hydrogen-bond acceptors (Lipinski definition) is 5. The molecule has 0 atom stereocenters. The van der Waals surface area contributed by atoms with Gasteiger partial charge < -0.3 is 24.5 Å². The second-order valence-corrected chi connectivity index (χ2v) is 5.82. The summed E-state index contributed by atoms with van der Waals surface area (Å²) < 4.78 is 36.4. The monoisotopic (exact) mass is 398 g/mol. The summed E-state index contributed by atoms with van der Waals surface area (Å²) in [7, 11) is -16.2. The molecule has 0 fully saturated rings. The normalized spacial score (nSPS) is 13.5. The van der Waals surface area contributed by atoms with Crippen LogP contribution in [0.3, 0.4) is 0 Å². The van der Waals surface area contributed by atoms with Gasteiger partial charge in [0.2, 0.25) is 0 Å². The predicted molar refractivity (Wildman–Crippen MR) is 36.1 cm³/mol. The summed E-state index contributed by atoms with van der Waals surface area (Å²) in [5.74, 6) is 0. The van der Waals surface area contributed by atoms with Gasteiger partial charge in [-0.1, -0.05) is 0 Å². The summed E-state index contributed by atoms with van der Waals surface area (Å²) in [4.78, 5) is 40.2. The van der Waals surface area contributed by atoms with Crippen molar-refractivity contribution in [2.75, 3.05) is 0 Å². The Morgan fingerprint density at radius 1 is 0.714 bits per heavy atom. The van der Waals surface area contributed by atoms with Gasteiger partial charge in [0.25, 0.3) is 0 Å². The van der Waals surface area contributed by atoms with E-state index in [0.717, 1.165) is 0 Å². The molecule has 14 heavy (non-hydrogen) atoms. The SMILES string of the molecule is O=P(O)(O)OP(=O)(O)OP(=O)(O)O.[Ce]. The Hall–Kier alpha value is 1.79. The molecule has 0 aliphatic carbocycles. The summed E-state index contributed by atoms with van der Waals surface area (Å²) in [5, 5.41) is 0. The Balaban J connectivity index is 0. The standard InChI is InChI=1S/Ce.H5O10P3/c;1-11(2,3)9-13(7,8)10-12(4,5)6/h;(H,7,8)(H2,1,2,3)(H2,4,5,6). The molecule has 0 amide bonds. The van der Waals surface area contributed by atoms with Crippen LogP contribution >= 0.6 is 23.5 Å². The van der Waals surface area contributed by atoms with E-state index in [4.69, 9.17) is 24.5 Å². The van der Waals surface area contributed by atoms with Crippen molar-refractivity contribution >= 4 is 23.5 Å². The van der Waals surface area contributed by atoms with Crippen LogP contribution in [0.4, 0.5) is 0 Å². The van der Waals surface area contributed by atoms with E-state index in [1.807, 2.05) is 0 Å². The van der Waals surface area contributed by atoms with Gasteiger partial charge in [0, 0.05) is 41.7 Å². The molecule has 14 heteroatoms. The molecule has 0 aromatic heterocycles. The maximum atomic E-state index is 10.4. The van der Waals surface area contributed by atoms with Crippen LogP contribution in [-0.4, -0.2) is 24.5 Å². The number of phosphoric acid groups is 3. The van der Waals surface area contributed by atoms with Crippen molar-refractivity contribution in [2.24, 2.45) is 0 Å². The zero-order valence-corrected chi connectivity index (χ0v) is 11.9. The van der Waals surface area contributed by atoms with E-state index in [9.17, 15) is 13.7 Å². The van der Waals surface area contributed by atoms with Crippen molar-refractivity contribution in [3.63, 3.8) is 0 Å². The largest absolute Gasteiger partial charge is 0.490 e. The summed E-state index contributed by atoms with van der Waals surface area (Å²) in [5.41, 5.74) is 0. The molecule has 0 aromatic rings. The van der Waals surface area contributed by atoms with Crippen molar-refractivity contribution in [3.05, 3.63) is 0 Å². The molecule has 84 valence electrons. The van der Waals surface area contributed by atoms with E-state index in [1.165, 1.54) is 0 Å². The zero-order valence-electron chi connectivity index (χ0n) is 6.12. The molecule has 0 aliphatic heterocycles. The van der Waals surface area contributed by atoms with Crippen LogP contribution in [0.2, 0.25) is 0 Å². The first kappa shape index (κ1) is 18.2. The fraction of sp³-hybridized carbons (Fsp3) is 0. The molecule has 0 bridgehead atoms. The summed E-state index contributed by atoms with van der Waals surface area (Å²) in [6, 6.07) is 0. The van der Waals surface area contributed by atoms with Crippen molar-refractivity contribution in [2.45, 2.75) is 0 Å². The molecular weight excluding hydrogens is 393 g/mol. The average molecular weight is 398 g/mol. The number of hydrogen-bond donors (Lipinski definition) is 5. The minimum absolute atomic E-state index is 0. The van der Waals surface area contributed by atoms with E-state index in [0.29, 0.717) is 0 Å². The van der Waals surface area contributed by atoms with E-state index in [2.05, 4.69) is 8.62 Å². The summed E-state index contributed by atoms with van der Waals surface area (Å²) in [6.07, 6.45) is 0. The van der Waals surface area contributed by atoms with Gasteiger partial charge in [0.05, 0.1) is 0 Å². The smallest absolute Gasteiger partial charge is 0.302 e. The van der Waals surface area contributed by atoms with E-state index < -0.39 is 23.5 Å². The molecule has 0 saturated heterocycles. The van der Waals surface area contributed by atoms with Crippen molar-refractivity contribution in [1.82, 2.24) is 0 Å². The van der Waals surface area contributed by atoms with Crippen LogP contribution in [0.5, 0.6) is 0 Å². The van der Waals surface area contributed by atoms with E-state index >= 15 is 0 Å². The van der Waals surface area contributed by atoms with Crippen LogP contribution < -0.4 is 0 Å². The van der Waals surface area contributed by atoms with Crippen LogP contribution in [-0.2, 0) is 22.3 Å². The van der Waals surface area contributed by atoms with Crippen LogP contribution in [0.25, 0.3) is 0 Å². The maximum Gasteiger partial charge on any atom is 0.490 e. The maximum absolute atomic E-state index is 10.4. The minimum atomic E-state index is -5.46.